The van der Waals surface area contributed by atoms with E-state index in [1.807, 2.05) is 0 Å². The Morgan fingerprint density at radius 1 is 1.17 bits per heavy atom. The molecular weight excluding hydrogens is 220 g/mol. The zero-order chi connectivity index (χ0) is 12.8. The summed E-state index contributed by atoms with van der Waals surface area (Å²) in [6, 6.07) is 10.8. The van der Waals surface area contributed by atoms with E-state index in [1.54, 1.807) is 0 Å². The summed E-state index contributed by atoms with van der Waals surface area (Å²) in [6.07, 6.45) is 3.77. The van der Waals surface area contributed by atoms with Gasteiger partial charge >= 0.3 is 0 Å². The zero-order valence-corrected chi connectivity index (χ0v) is 11.8. The maximum Gasteiger partial charge on any atom is 0.00334 e. The average Bonchev–Trinajstić information content (AvgIpc) is 2.38. The van der Waals surface area contributed by atoms with Gasteiger partial charge in [-0.3, -0.25) is 0 Å². The maximum absolute atomic E-state index is 3.45. The van der Waals surface area contributed by atoms with Crippen LogP contribution in [0.2, 0.25) is 0 Å². The molecule has 0 unspecified atom stereocenters. The molecule has 1 aliphatic heterocycles. The average molecular weight is 246 g/mol. The second-order valence-corrected chi connectivity index (χ2v) is 6.03. The minimum absolute atomic E-state index is 0.511. The van der Waals surface area contributed by atoms with Crippen molar-refractivity contribution in [3.05, 3.63) is 35.9 Å². The van der Waals surface area contributed by atoms with Crippen molar-refractivity contribution in [1.29, 1.82) is 0 Å². The lowest BCUT2D eigenvalue weighted by atomic mass is 9.80. The number of nitrogens with zero attached hydrogens (tertiary/aromatic N) is 1. The van der Waals surface area contributed by atoms with Gasteiger partial charge in [-0.2, -0.15) is 0 Å². The van der Waals surface area contributed by atoms with Crippen molar-refractivity contribution in [2.24, 2.45) is 5.41 Å². The summed E-state index contributed by atoms with van der Waals surface area (Å²) in [7, 11) is 2.26. The van der Waals surface area contributed by atoms with Gasteiger partial charge in [0.05, 0.1) is 0 Å². The molecule has 1 fully saturated rings. The van der Waals surface area contributed by atoms with Crippen molar-refractivity contribution in [2.75, 3.05) is 33.2 Å². The van der Waals surface area contributed by atoms with Gasteiger partial charge in [0.2, 0.25) is 0 Å². The Morgan fingerprint density at radius 3 is 2.50 bits per heavy atom. The molecular formula is C16H26N2. The van der Waals surface area contributed by atoms with E-state index in [1.165, 1.54) is 38.0 Å². The van der Waals surface area contributed by atoms with E-state index in [-0.39, 0.29) is 0 Å². The van der Waals surface area contributed by atoms with E-state index in [4.69, 9.17) is 0 Å². The normalized spacial score (nSPS) is 19.1. The highest BCUT2D eigenvalue weighted by Gasteiger charge is 2.27. The predicted molar refractivity (Wildman–Crippen MR) is 77.9 cm³/mol. The lowest BCUT2D eigenvalue weighted by molar-refractivity contribution is 0.148. The van der Waals surface area contributed by atoms with Crippen LogP contribution in [0, 0.1) is 5.41 Å². The zero-order valence-electron chi connectivity index (χ0n) is 11.8. The molecule has 1 aromatic carbocycles. The van der Waals surface area contributed by atoms with Crippen molar-refractivity contribution in [3.8, 4) is 0 Å². The summed E-state index contributed by atoms with van der Waals surface area (Å²) >= 11 is 0. The number of rotatable bonds is 5. The molecule has 1 saturated heterocycles. The fraction of sp³-hybridized carbons (Fsp3) is 0.625. The maximum atomic E-state index is 3.45. The molecule has 1 aromatic rings. The van der Waals surface area contributed by atoms with Gasteiger partial charge in [0.1, 0.15) is 0 Å². The topological polar surface area (TPSA) is 15.3 Å². The monoisotopic (exact) mass is 246 g/mol. The summed E-state index contributed by atoms with van der Waals surface area (Å²) in [5, 5.41) is 3.45. The summed E-state index contributed by atoms with van der Waals surface area (Å²) < 4.78 is 0. The van der Waals surface area contributed by atoms with Crippen molar-refractivity contribution in [2.45, 2.75) is 26.2 Å². The molecule has 18 heavy (non-hydrogen) atoms. The number of piperidine rings is 1. The predicted octanol–water partition coefficient (Wildman–Crippen LogP) is 2.55. The fourth-order valence-corrected chi connectivity index (χ4v) is 2.88. The van der Waals surface area contributed by atoms with Crippen molar-refractivity contribution in [1.82, 2.24) is 10.2 Å². The van der Waals surface area contributed by atoms with E-state index in [0.29, 0.717) is 5.41 Å². The molecule has 0 radical (unpaired) electrons. The number of benzene rings is 1. The van der Waals surface area contributed by atoms with Crippen LogP contribution in [0.1, 0.15) is 25.3 Å². The Morgan fingerprint density at radius 2 is 1.83 bits per heavy atom. The SMILES string of the molecule is CN(CCc1ccccc1)CC1(C)CCNCC1. The molecule has 0 aromatic heterocycles. The molecule has 0 amide bonds. The quantitative estimate of drug-likeness (QED) is 0.859. The van der Waals surface area contributed by atoms with Gasteiger partial charge in [-0.1, -0.05) is 37.3 Å². The van der Waals surface area contributed by atoms with Crippen molar-refractivity contribution < 1.29 is 0 Å². The van der Waals surface area contributed by atoms with Crippen LogP contribution in [0.4, 0.5) is 0 Å². The number of nitrogens with one attached hydrogen (secondary N) is 1. The molecule has 2 rings (SSSR count). The van der Waals surface area contributed by atoms with E-state index in [0.717, 1.165) is 13.0 Å². The van der Waals surface area contributed by atoms with Crippen LogP contribution in [-0.2, 0) is 6.42 Å². The minimum atomic E-state index is 0.511. The van der Waals surface area contributed by atoms with Gasteiger partial charge < -0.3 is 10.2 Å². The molecule has 0 atom stereocenters. The number of hydrogen-bond acceptors (Lipinski definition) is 2. The highest BCUT2D eigenvalue weighted by molar-refractivity contribution is 5.14. The first kappa shape index (κ1) is 13.6. The first-order valence-corrected chi connectivity index (χ1v) is 7.11. The van der Waals surface area contributed by atoms with E-state index < -0.39 is 0 Å². The minimum Gasteiger partial charge on any atom is -0.317 e. The molecule has 1 aliphatic rings. The van der Waals surface area contributed by atoms with Crippen LogP contribution >= 0.6 is 0 Å². The summed E-state index contributed by atoms with van der Waals surface area (Å²) in [5.74, 6) is 0. The van der Waals surface area contributed by atoms with Gasteiger partial charge in [0.15, 0.2) is 0 Å². The molecule has 1 heterocycles. The molecule has 2 nitrogen and oxygen atoms in total. The van der Waals surface area contributed by atoms with Crippen molar-refractivity contribution in [3.63, 3.8) is 0 Å². The third kappa shape index (κ3) is 4.11. The second kappa shape index (κ2) is 6.35. The molecule has 0 saturated carbocycles. The molecule has 0 bridgehead atoms. The Kier molecular flexibility index (Phi) is 4.79. The largest absolute Gasteiger partial charge is 0.317 e. The van der Waals surface area contributed by atoms with Gasteiger partial charge in [0, 0.05) is 13.1 Å². The van der Waals surface area contributed by atoms with Crippen molar-refractivity contribution >= 4 is 0 Å². The van der Waals surface area contributed by atoms with Gasteiger partial charge in [-0.15, -0.1) is 0 Å². The smallest absolute Gasteiger partial charge is 0.00334 e. The van der Waals surface area contributed by atoms with Crippen LogP contribution in [0.25, 0.3) is 0 Å². The summed E-state index contributed by atoms with van der Waals surface area (Å²) in [4.78, 5) is 2.50. The van der Waals surface area contributed by atoms with Gasteiger partial charge in [-0.05, 0) is 50.4 Å². The van der Waals surface area contributed by atoms with Crippen LogP contribution in [0.15, 0.2) is 30.3 Å². The van der Waals surface area contributed by atoms with E-state index in [2.05, 4.69) is 54.5 Å². The molecule has 100 valence electrons. The molecule has 2 heteroatoms. The highest BCUT2D eigenvalue weighted by Crippen LogP contribution is 2.28. The third-order valence-corrected chi connectivity index (χ3v) is 4.09. The Bertz CT molecular complexity index is 341. The molecule has 0 aliphatic carbocycles. The first-order valence-electron chi connectivity index (χ1n) is 7.11. The Hall–Kier alpha value is -0.860. The standard InChI is InChI=1S/C16H26N2/c1-16(9-11-17-12-10-16)14-18(2)13-8-15-6-4-3-5-7-15/h3-7,17H,8-14H2,1-2H3. The van der Waals surface area contributed by atoms with Gasteiger partial charge in [0.25, 0.3) is 0 Å². The van der Waals surface area contributed by atoms with Crippen LogP contribution in [0.3, 0.4) is 0 Å². The first-order chi connectivity index (χ1) is 8.68. The highest BCUT2D eigenvalue weighted by atomic mass is 15.1. The fourth-order valence-electron chi connectivity index (χ4n) is 2.88. The van der Waals surface area contributed by atoms with Crippen LogP contribution in [-0.4, -0.2) is 38.1 Å². The Balaban J connectivity index is 1.76. The number of hydrogen-bond donors (Lipinski definition) is 1. The Labute approximate surface area is 111 Å². The van der Waals surface area contributed by atoms with Gasteiger partial charge in [-0.25, -0.2) is 0 Å². The summed E-state index contributed by atoms with van der Waals surface area (Å²) in [5.41, 5.74) is 1.95. The molecule has 0 spiro atoms. The van der Waals surface area contributed by atoms with E-state index in [9.17, 15) is 0 Å². The van der Waals surface area contributed by atoms with E-state index >= 15 is 0 Å². The molecule has 1 N–H and O–H groups in total. The third-order valence-electron chi connectivity index (χ3n) is 4.09. The number of likely N-dealkylation sites (N-methyl/N-ethyl adjacent to an activating group) is 1. The van der Waals surface area contributed by atoms with Crippen LogP contribution in [0.5, 0.6) is 0 Å². The lowest BCUT2D eigenvalue weighted by Gasteiger charge is -2.37. The van der Waals surface area contributed by atoms with Crippen LogP contribution < -0.4 is 5.32 Å². The summed E-state index contributed by atoms with van der Waals surface area (Å²) in [6.45, 7) is 7.19. The lowest BCUT2D eigenvalue weighted by Crippen LogP contribution is -2.42. The second-order valence-electron chi connectivity index (χ2n) is 6.03.